The number of hydrogen-bond donors (Lipinski definition) is 2. The number of fused-ring (bicyclic) bond motifs is 1. The molecule has 0 bridgehead atoms. The van der Waals surface area contributed by atoms with Crippen molar-refractivity contribution in [1.82, 2.24) is 20.1 Å². The Morgan fingerprint density at radius 3 is 2.64 bits per heavy atom. The van der Waals surface area contributed by atoms with E-state index in [0.29, 0.717) is 23.0 Å². The van der Waals surface area contributed by atoms with Crippen LogP contribution in [0, 0.1) is 6.92 Å². The fourth-order valence-electron chi connectivity index (χ4n) is 2.74. The zero-order chi connectivity index (χ0) is 17.7. The molecule has 25 heavy (non-hydrogen) atoms. The number of carbonyl (C=O) groups is 2. The van der Waals surface area contributed by atoms with Crippen LogP contribution in [0.15, 0.2) is 39.5 Å². The van der Waals surface area contributed by atoms with E-state index in [-0.39, 0.29) is 16.9 Å². The number of benzene rings is 1. The van der Waals surface area contributed by atoms with Gasteiger partial charge in [-0.25, -0.2) is 0 Å². The Morgan fingerprint density at radius 2 is 1.92 bits per heavy atom. The number of aromatic nitrogens is 3. The molecular formula is C16H11N5O4. The minimum absolute atomic E-state index is 0.0105. The van der Waals surface area contributed by atoms with E-state index in [9.17, 15) is 14.4 Å². The molecular weight excluding hydrogens is 326 g/mol. The summed E-state index contributed by atoms with van der Waals surface area (Å²) in [4.78, 5) is 36.1. The number of nitrogens with one attached hydrogen (secondary N) is 1. The smallest absolute Gasteiger partial charge is 0.262 e. The average Bonchev–Trinajstić information content (AvgIpc) is 3.12. The maximum absolute atomic E-state index is 12.4. The van der Waals surface area contributed by atoms with E-state index in [1.54, 1.807) is 31.2 Å². The van der Waals surface area contributed by atoms with Crippen LogP contribution in [0.1, 0.15) is 26.6 Å². The predicted molar refractivity (Wildman–Crippen MR) is 86.3 cm³/mol. The summed E-state index contributed by atoms with van der Waals surface area (Å²) < 4.78 is 6.53. The number of hydrogen-bond acceptors (Lipinski definition) is 7. The number of nitrogens with two attached hydrogens (primary N) is 1. The number of imide groups is 1. The third kappa shape index (κ3) is 2.21. The van der Waals surface area contributed by atoms with Gasteiger partial charge >= 0.3 is 0 Å². The summed E-state index contributed by atoms with van der Waals surface area (Å²) >= 11 is 0. The molecule has 1 aliphatic rings. The first-order valence-electron chi connectivity index (χ1n) is 7.28. The maximum atomic E-state index is 12.4. The number of anilines is 1. The van der Waals surface area contributed by atoms with Gasteiger partial charge in [-0.1, -0.05) is 6.07 Å². The highest BCUT2D eigenvalue weighted by molar-refractivity contribution is 6.23. The molecule has 9 nitrogen and oxygen atoms in total. The van der Waals surface area contributed by atoms with Crippen molar-refractivity contribution >= 4 is 17.6 Å². The average molecular weight is 337 g/mol. The number of nitrogens with zero attached hydrogens (tertiary/aromatic N) is 3. The summed E-state index contributed by atoms with van der Waals surface area (Å²) in [5, 5.41) is 9.82. The molecule has 0 unspecified atom stereocenters. The SMILES string of the molecule is Cc1nnc(-c2cccc(-n3c(N)c4c(cc3=O)C(=O)NC4=O)c2)o1. The lowest BCUT2D eigenvalue weighted by atomic mass is 10.1. The molecule has 0 saturated carbocycles. The summed E-state index contributed by atoms with van der Waals surface area (Å²) in [6.45, 7) is 1.67. The summed E-state index contributed by atoms with van der Waals surface area (Å²) in [5.41, 5.74) is 6.45. The fraction of sp³-hybridized carbons (Fsp3) is 0.0625. The summed E-state index contributed by atoms with van der Waals surface area (Å²) in [6.07, 6.45) is 0. The van der Waals surface area contributed by atoms with E-state index in [0.717, 1.165) is 10.6 Å². The van der Waals surface area contributed by atoms with E-state index in [1.165, 1.54) is 0 Å². The predicted octanol–water partition coefficient (Wildman–Crippen LogP) is 0.662. The molecule has 124 valence electrons. The number of carbonyl (C=O) groups excluding carboxylic acids is 2. The third-order valence-corrected chi connectivity index (χ3v) is 3.83. The topological polar surface area (TPSA) is 133 Å². The number of rotatable bonds is 2. The Hall–Kier alpha value is -3.75. The first-order valence-corrected chi connectivity index (χ1v) is 7.28. The summed E-state index contributed by atoms with van der Waals surface area (Å²) in [6, 6.07) is 7.79. The van der Waals surface area contributed by atoms with Crippen LogP contribution in [-0.4, -0.2) is 26.6 Å². The van der Waals surface area contributed by atoms with Crippen LogP contribution < -0.4 is 16.6 Å². The van der Waals surface area contributed by atoms with Gasteiger partial charge in [0.1, 0.15) is 5.82 Å². The largest absolute Gasteiger partial charge is 0.421 e. The second-order valence-electron chi connectivity index (χ2n) is 5.45. The molecule has 2 amide bonds. The lowest BCUT2D eigenvalue weighted by Crippen LogP contribution is -2.24. The van der Waals surface area contributed by atoms with Gasteiger partial charge in [-0.3, -0.25) is 24.3 Å². The van der Waals surface area contributed by atoms with Gasteiger partial charge in [-0.05, 0) is 18.2 Å². The van der Waals surface area contributed by atoms with Gasteiger partial charge in [0.05, 0.1) is 16.8 Å². The zero-order valence-electron chi connectivity index (χ0n) is 12.9. The molecule has 1 aliphatic heterocycles. The standard InChI is InChI=1S/C16H11N5O4/c1-7-19-20-16(25-7)8-3-2-4-9(5-8)21-11(22)6-10-12(13(21)17)15(24)18-14(10)23/h2-6H,17H2,1H3,(H,18,23,24). The first kappa shape index (κ1) is 14.8. The Kier molecular flexibility index (Phi) is 3.04. The monoisotopic (exact) mass is 337 g/mol. The Morgan fingerprint density at radius 1 is 1.12 bits per heavy atom. The van der Waals surface area contributed by atoms with Crippen LogP contribution in [-0.2, 0) is 0 Å². The fourth-order valence-corrected chi connectivity index (χ4v) is 2.74. The van der Waals surface area contributed by atoms with Crippen LogP contribution >= 0.6 is 0 Å². The minimum Gasteiger partial charge on any atom is -0.421 e. The van der Waals surface area contributed by atoms with Gasteiger partial charge in [0.2, 0.25) is 11.8 Å². The van der Waals surface area contributed by atoms with Crippen LogP contribution in [0.2, 0.25) is 0 Å². The quantitative estimate of drug-likeness (QED) is 0.656. The van der Waals surface area contributed by atoms with Crippen molar-refractivity contribution in [3.63, 3.8) is 0 Å². The Bertz CT molecular complexity index is 1110. The molecule has 1 aromatic carbocycles. The summed E-state index contributed by atoms with van der Waals surface area (Å²) in [7, 11) is 0. The lowest BCUT2D eigenvalue weighted by molar-refractivity contribution is 0.0880. The van der Waals surface area contributed by atoms with Gasteiger partial charge in [-0.15, -0.1) is 10.2 Å². The number of aryl methyl sites for hydroxylation is 1. The molecule has 3 heterocycles. The number of nitrogen functional groups attached to an aromatic ring is 1. The molecule has 0 fully saturated rings. The van der Waals surface area contributed by atoms with Crippen molar-refractivity contribution in [3.8, 4) is 17.1 Å². The highest BCUT2D eigenvalue weighted by Crippen LogP contribution is 2.25. The van der Waals surface area contributed by atoms with E-state index in [1.807, 2.05) is 0 Å². The van der Waals surface area contributed by atoms with Crippen molar-refractivity contribution in [2.24, 2.45) is 0 Å². The lowest BCUT2D eigenvalue weighted by Gasteiger charge is -2.12. The molecule has 0 atom stereocenters. The van der Waals surface area contributed by atoms with E-state index in [4.69, 9.17) is 10.2 Å². The Balaban J connectivity index is 1.92. The number of pyridine rings is 1. The second kappa shape index (κ2) is 5.13. The van der Waals surface area contributed by atoms with Crippen molar-refractivity contribution in [2.75, 3.05) is 5.73 Å². The Labute approximate surface area is 140 Å². The zero-order valence-corrected chi connectivity index (χ0v) is 12.9. The van der Waals surface area contributed by atoms with Gasteiger partial charge in [-0.2, -0.15) is 0 Å². The minimum atomic E-state index is -0.633. The molecule has 4 rings (SSSR count). The molecule has 9 heteroatoms. The molecule has 3 aromatic rings. The summed E-state index contributed by atoms with van der Waals surface area (Å²) in [5.74, 6) is -0.671. The van der Waals surface area contributed by atoms with Crippen molar-refractivity contribution in [3.05, 3.63) is 57.7 Å². The highest BCUT2D eigenvalue weighted by atomic mass is 16.4. The van der Waals surface area contributed by atoms with Crippen LogP contribution in [0.25, 0.3) is 17.1 Å². The van der Waals surface area contributed by atoms with Gasteiger partial charge in [0, 0.05) is 18.6 Å². The molecule has 0 spiro atoms. The molecule has 0 saturated heterocycles. The van der Waals surface area contributed by atoms with Gasteiger partial charge < -0.3 is 10.2 Å². The normalized spacial score (nSPS) is 13.0. The van der Waals surface area contributed by atoms with E-state index in [2.05, 4.69) is 15.5 Å². The molecule has 3 N–H and O–H groups in total. The van der Waals surface area contributed by atoms with E-state index >= 15 is 0 Å². The van der Waals surface area contributed by atoms with Crippen molar-refractivity contribution < 1.29 is 14.0 Å². The van der Waals surface area contributed by atoms with Gasteiger partial charge in [0.15, 0.2) is 0 Å². The van der Waals surface area contributed by atoms with Crippen molar-refractivity contribution in [2.45, 2.75) is 6.92 Å². The van der Waals surface area contributed by atoms with Gasteiger partial charge in [0.25, 0.3) is 17.4 Å². The van der Waals surface area contributed by atoms with E-state index < -0.39 is 17.4 Å². The maximum Gasteiger partial charge on any atom is 0.262 e. The third-order valence-electron chi connectivity index (χ3n) is 3.83. The molecule has 0 radical (unpaired) electrons. The van der Waals surface area contributed by atoms with Crippen LogP contribution in [0.3, 0.4) is 0 Å². The number of amides is 2. The second-order valence-corrected chi connectivity index (χ2v) is 5.45. The van der Waals surface area contributed by atoms with Crippen LogP contribution in [0.5, 0.6) is 0 Å². The molecule has 0 aliphatic carbocycles. The first-order chi connectivity index (χ1) is 12.0. The highest BCUT2D eigenvalue weighted by Gasteiger charge is 2.31. The van der Waals surface area contributed by atoms with Crippen molar-refractivity contribution in [1.29, 1.82) is 0 Å². The van der Waals surface area contributed by atoms with Crippen LogP contribution in [0.4, 0.5) is 5.82 Å². The molecule has 2 aromatic heterocycles.